The van der Waals surface area contributed by atoms with E-state index in [1.807, 2.05) is 0 Å². The molecule has 0 unspecified atom stereocenters. The van der Waals surface area contributed by atoms with E-state index in [1.54, 1.807) is 0 Å². The Hall–Kier alpha value is -0.350. The monoisotopic (exact) mass is 215 g/mol. The zero-order valence-corrected chi connectivity index (χ0v) is 7.93. The van der Waals surface area contributed by atoms with Gasteiger partial charge in [0.2, 0.25) is 0 Å². The molecule has 3 nitrogen and oxygen atoms in total. The maximum Gasteiger partial charge on any atom is 0.128 e. The molecule has 1 N–H and O–H groups in total. The fourth-order valence-corrected chi connectivity index (χ4v) is 1.84. The Bertz CT molecular complexity index is 269. The third kappa shape index (κ3) is 1.20. The molecule has 1 atom stereocenters. The van der Waals surface area contributed by atoms with Crippen molar-refractivity contribution in [2.75, 3.05) is 6.54 Å². The van der Waals surface area contributed by atoms with Gasteiger partial charge in [-0.3, -0.25) is 4.68 Å². The molecule has 60 valence electrons. The molecule has 11 heavy (non-hydrogen) atoms. The van der Waals surface area contributed by atoms with Crippen molar-refractivity contribution in [3.05, 3.63) is 16.4 Å². The van der Waals surface area contributed by atoms with Crippen LogP contribution in [0.25, 0.3) is 0 Å². The molecule has 0 radical (unpaired) electrons. The summed E-state index contributed by atoms with van der Waals surface area (Å²) in [6, 6.07) is 2.54. The van der Waals surface area contributed by atoms with Gasteiger partial charge in [0.05, 0.1) is 11.7 Å². The van der Waals surface area contributed by atoms with E-state index in [-0.39, 0.29) is 0 Å². The number of nitrogens with zero attached hydrogens (tertiary/aromatic N) is 2. The highest BCUT2D eigenvalue weighted by Crippen LogP contribution is 2.18. The molecule has 1 aliphatic heterocycles. The summed E-state index contributed by atoms with van der Waals surface area (Å²) in [6.07, 6.45) is 0. The smallest absolute Gasteiger partial charge is 0.128 e. The van der Waals surface area contributed by atoms with Crippen molar-refractivity contribution in [2.45, 2.75) is 19.5 Å². The molecule has 0 saturated heterocycles. The van der Waals surface area contributed by atoms with Crippen molar-refractivity contribution in [2.24, 2.45) is 0 Å². The van der Waals surface area contributed by atoms with E-state index in [4.69, 9.17) is 0 Å². The van der Waals surface area contributed by atoms with Gasteiger partial charge in [-0.2, -0.15) is 5.10 Å². The van der Waals surface area contributed by atoms with E-state index < -0.39 is 0 Å². The Labute approximate surface area is 73.9 Å². The molecule has 0 bridgehead atoms. The first kappa shape index (κ1) is 7.31. The van der Waals surface area contributed by atoms with Gasteiger partial charge in [0, 0.05) is 13.1 Å². The molecule has 2 heterocycles. The van der Waals surface area contributed by atoms with Crippen molar-refractivity contribution >= 4 is 15.9 Å². The van der Waals surface area contributed by atoms with Gasteiger partial charge in [0.25, 0.3) is 0 Å². The van der Waals surface area contributed by atoms with Gasteiger partial charge in [0.1, 0.15) is 4.60 Å². The summed E-state index contributed by atoms with van der Waals surface area (Å²) >= 11 is 3.36. The molecule has 1 aromatic heterocycles. The minimum atomic E-state index is 0.477. The van der Waals surface area contributed by atoms with Crippen molar-refractivity contribution < 1.29 is 0 Å². The Morgan fingerprint density at radius 1 is 1.82 bits per heavy atom. The number of nitrogens with one attached hydrogen (secondary N) is 1. The highest BCUT2D eigenvalue weighted by Gasteiger charge is 2.16. The molecule has 0 fully saturated rings. The molecule has 0 spiro atoms. The first-order valence-electron chi connectivity index (χ1n) is 3.72. The van der Waals surface area contributed by atoms with Crippen LogP contribution in [0.5, 0.6) is 0 Å². The third-order valence-electron chi connectivity index (χ3n) is 1.95. The van der Waals surface area contributed by atoms with Crippen molar-refractivity contribution in [3.63, 3.8) is 0 Å². The molecule has 1 aliphatic rings. The first-order chi connectivity index (χ1) is 5.27. The second kappa shape index (κ2) is 2.60. The van der Waals surface area contributed by atoms with Gasteiger partial charge in [-0.05, 0) is 28.9 Å². The second-order valence-corrected chi connectivity index (χ2v) is 3.70. The summed E-state index contributed by atoms with van der Waals surface area (Å²) < 4.78 is 3.00. The molecule has 4 heteroatoms. The summed E-state index contributed by atoms with van der Waals surface area (Å²) in [5, 5.41) is 7.65. The van der Waals surface area contributed by atoms with E-state index >= 15 is 0 Å². The molecular weight excluding hydrogens is 206 g/mol. The molecule has 0 aliphatic carbocycles. The van der Waals surface area contributed by atoms with E-state index in [2.05, 4.69) is 44.0 Å². The Morgan fingerprint density at radius 2 is 2.64 bits per heavy atom. The van der Waals surface area contributed by atoms with E-state index in [0.29, 0.717) is 6.04 Å². The zero-order valence-electron chi connectivity index (χ0n) is 6.34. The summed E-state index contributed by atoms with van der Waals surface area (Å²) in [4.78, 5) is 0. The third-order valence-corrected chi connectivity index (χ3v) is 2.33. The average Bonchev–Trinajstić information content (AvgIpc) is 2.31. The number of hydrogen-bond acceptors (Lipinski definition) is 2. The summed E-state index contributed by atoms with van der Waals surface area (Å²) in [5.41, 5.74) is 1.26. The molecule has 0 amide bonds. The SMILES string of the molecule is C[C@H]1CNCc2cc(Br)nn21. The van der Waals surface area contributed by atoms with Crippen LogP contribution >= 0.6 is 15.9 Å². The predicted octanol–water partition coefficient (Wildman–Crippen LogP) is 1.31. The van der Waals surface area contributed by atoms with Gasteiger partial charge in [-0.25, -0.2) is 0 Å². The second-order valence-electron chi connectivity index (χ2n) is 2.88. The molecule has 0 saturated carbocycles. The lowest BCUT2D eigenvalue weighted by Crippen LogP contribution is -2.31. The van der Waals surface area contributed by atoms with Crippen molar-refractivity contribution in [1.82, 2.24) is 15.1 Å². The lowest BCUT2D eigenvalue weighted by molar-refractivity contribution is 0.391. The van der Waals surface area contributed by atoms with Gasteiger partial charge >= 0.3 is 0 Å². The number of hydrogen-bond donors (Lipinski definition) is 1. The topological polar surface area (TPSA) is 29.9 Å². The Kier molecular flexibility index (Phi) is 1.73. The van der Waals surface area contributed by atoms with E-state index in [1.165, 1.54) is 5.69 Å². The zero-order chi connectivity index (χ0) is 7.84. The van der Waals surface area contributed by atoms with Crippen LogP contribution in [0, 0.1) is 0 Å². The average molecular weight is 216 g/mol. The van der Waals surface area contributed by atoms with Crippen molar-refractivity contribution in [1.29, 1.82) is 0 Å². The fraction of sp³-hybridized carbons (Fsp3) is 0.571. The van der Waals surface area contributed by atoms with Gasteiger partial charge in [-0.1, -0.05) is 0 Å². The van der Waals surface area contributed by atoms with Gasteiger partial charge in [-0.15, -0.1) is 0 Å². The Morgan fingerprint density at radius 3 is 3.36 bits per heavy atom. The number of rotatable bonds is 0. The van der Waals surface area contributed by atoms with Crippen LogP contribution in [0.2, 0.25) is 0 Å². The number of halogens is 1. The predicted molar refractivity (Wildman–Crippen MR) is 46.3 cm³/mol. The lowest BCUT2D eigenvalue weighted by Gasteiger charge is -2.21. The standard InChI is InChI=1S/C7H10BrN3/c1-5-3-9-4-6-2-7(8)10-11(5)6/h2,5,9H,3-4H2,1H3/t5-/m0/s1. The summed E-state index contributed by atoms with van der Waals surface area (Å²) in [6.45, 7) is 4.11. The largest absolute Gasteiger partial charge is 0.309 e. The minimum Gasteiger partial charge on any atom is -0.309 e. The normalized spacial score (nSPS) is 23.3. The Balaban J connectivity index is 2.43. The van der Waals surface area contributed by atoms with Crippen LogP contribution in [-0.4, -0.2) is 16.3 Å². The highest BCUT2D eigenvalue weighted by molar-refractivity contribution is 9.10. The number of fused-ring (bicyclic) bond motifs is 1. The maximum atomic E-state index is 4.33. The lowest BCUT2D eigenvalue weighted by atomic mass is 10.2. The molecular formula is C7H10BrN3. The van der Waals surface area contributed by atoms with E-state index in [0.717, 1.165) is 17.7 Å². The van der Waals surface area contributed by atoms with Crippen LogP contribution in [-0.2, 0) is 6.54 Å². The van der Waals surface area contributed by atoms with Gasteiger partial charge in [0.15, 0.2) is 0 Å². The van der Waals surface area contributed by atoms with Gasteiger partial charge < -0.3 is 5.32 Å². The molecule has 1 aromatic rings. The van der Waals surface area contributed by atoms with Crippen LogP contribution in [0.4, 0.5) is 0 Å². The van der Waals surface area contributed by atoms with Crippen LogP contribution in [0.15, 0.2) is 10.7 Å². The first-order valence-corrected chi connectivity index (χ1v) is 4.51. The van der Waals surface area contributed by atoms with Crippen molar-refractivity contribution in [3.8, 4) is 0 Å². The quantitative estimate of drug-likeness (QED) is 0.708. The van der Waals surface area contributed by atoms with Crippen LogP contribution in [0.1, 0.15) is 18.7 Å². The maximum absolute atomic E-state index is 4.33. The molecule has 2 rings (SSSR count). The van der Waals surface area contributed by atoms with Crippen LogP contribution in [0.3, 0.4) is 0 Å². The minimum absolute atomic E-state index is 0.477. The van der Waals surface area contributed by atoms with Crippen LogP contribution < -0.4 is 5.32 Å². The van der Waals surface area contributed by atoms with E-state index in [9.17, 15) is 0 Å². The highest BCUT2D eigenvalue weighted by atomic mass is 79.9. The number of aromatic nitrogens is 2. The molecule has 0 aromatic carbocycles. The summed E-state index contributed by atoms with van der Waals surface area (Å²) in [7, 11) is 0. The summed E-state index contributed by atoms with van der Waals surface area (Å²) in [5.74, 6) is 0. The fourth-order valence-electron chi connectivity index (χ4n) is 1.41.